The highest BCUT2D eigenvalue weighted by Crippen LogP contribution is 2.42. The number of hydrogen-bond acceptors (Lipinski definition) is 9. The first-order chi connectivity index (χ1) is 25.6. The molecule has 1 unspecified atom stereocenters. The van der Waals surface area contributed by atoms with Crippen LogP contribution in [0, 0.1) is 0 Å². The molecule has 0 bridgehead atoms. The highest BCUT2D eigenvalue weighted by Gasteiger charge is 2.39. The minimum Gasteiger partial charge on any atom is -0.508 e. The molecule has 0 radical (unpaired) electrons. The van der Waals surface area contributed by atoms with Gasteiger partial charge in [-0.15, -0.1) is 0 Å². The van der Waals surface area contributed by atoms with Crippen molar-refractivity contribution in [1.29, 1.82) is 0 Å². The van der Waals surface area contributed by atoms with E-state index in [9.17, 15) is 18.6 Å². The number of anilines is 1. The number of fused-ring (bicyclic) bond motifs is 1. The fourth-order valence-corrected chi connectivity index (χ4v) is 8.38. The summed E-state index contributed by atoms with van der Waals surface area (Å²) in [5.41, 5.74) is 4.40. The summed E-state index contributed by atoms with van der Waals surface area (Å²) in [6, 6.07) is 29.1. The Labute approximate surface area is 314 Å². The number of carbonyl (C=O) groups excluding carboxylic acids is 1. The molecule has 2 N–H and O–H groups in total. The first-order valence-corrected chi connectivity index (χ1v) is 19.9. The van der Waals surface area contributed by atoms with Gasteiger partial charge in [0.05, 0.1) is 36.7 Å². The van der Waals surface area contributed by atoms with Gasteiger partial charge in [-0.1, -0.05) is 66.2 Å². The molecule has 1 aromatic heterocycles. The summed E-state index contributed by atoms with van der Waals surface area (Å²) >= 11 is 6.57. The van der Waals surface area contributed by atoms with Crippen molar-refractivity contribution in [3.05, 3.63) is 124 Å². The Morgan fingerprint density at radius 2 is 1.47 bits per heavy atom. The van der Waals surface area contributed by atoms with E-state index in [2.05, 4.69) is 9.47 Å². The summed E-state index contributed by atoms with van der Waals surface area (Å²) in [5.74, 6) is -0.647. The van der Waals surface area contributed by atoms with E-state index in [1.807, 2.05) is 71.6 Å². The fraction of sp³-hybridized carbons (Fsp3) is 0.325. The van der Waals surface area contributed by atoms with Crippen molar-refractivity contribution in [3.63, 3.8) is 0 Å². The van der Waals surface area contributed by atoms with Gasteiger partial charge in [0.2, 0.25) is 0 Å². The van der Waals surface area contributed by atoms with Crippen molar-refractivity contribution in [1.82, 2.24) is 14.4 Å². The highest BCUT2D eigenvalue weighted by atomic mass is 35.5. The molecule has 1 amide bonds. The number of nitrogens with zero attached hydrogens (tertiary/aromatic N) is 4. The summed E-state index contributed by atoms with van der Waals surface area (Å²) in [7, 11) is -3.99. The topological polar surface area (TPSA) is 125 Å². The lowest BCUT2D eigenvalue weighted by molar-refractivity contribution is 0.0189. The molecule has 3 heterocycles. The summed E-state index contributed by atoms with van der Waals surface area (Å²) in [6.07, 6.45) is 0.602. The third-order valence-corrected chi connectivity index (χ3v) is 10.9. The molecule has 0 spiro atoms. The van der Waals surface area contributed by atoms with Crippen LogP contribution in [-0.2, 0) is 25.6 Å². The number of rotatable bonds is 11. The van der Waals surface area contributed by atoms with Gasteiger partial charge in [-0.25, -0.2) is 4.18 Å². The Morgan fingerprint density at radius 3 is 2.11 bits per heavy atom. The molecule has 13 heteroatoms. The average Bonchev–Trinajstić information content (AvgIpc) is 3.46. The van der Waals surface area contributed by atoms with E-state index in [4.69, 9.17) is 20.5 Å². The molecule has 2 fully saturated rings. The third-order valence-electron chi connectivity index (χ3n) is 9.99. The molecule has 11 nitrogen and oxygen atoms in total. The number of benzene rings is 4. The molecule has 5 aromatic rings. The van der Waals surface area contributed by atoms with Gasteiger partial charge in [0.25, 0.3) is 16.0 Å². The van der Waals surface area contributed by atoms with Gasteiger partial charge in [-0.2, -0.15) is 8.42 Å². The lowest BCUT2D eigenvalue weighted by Crippen LogP contribution is -2.57. The molecule has 278 valence electrons. The summed E-state index contributed by atoms with van der Waals surface area (Å²) in [5, 5.41) is 21.9. The van der Waals surface area contributed by atoms with Gasteiger partial charge in [-0.05, 0) is 60.0 Å². The van der Waals surface area contributed by atoms with Crippen molar-refractivity contribution in [2.75, 3.05) is 63.6 Å². The lowest BCUT2D eigenvalue weighted by atomic mass is 9.83. The maximum absolute atomic E-state index is 15.4. The average molecular weight is 759 g/mol. The van der Waals surface area contributed by atoms with Gasteiger partial charge < -0.3 is 29.3 Å². The quantitative estimate of drug-likeness (QED) is 0.159. The van der Waals surface area contributed by atoms with E-state index < -0.39 is 22.3 Å². The SMILES string of the molecule is CS(=O)(=O)OC1CN(c2ccccc2Cl)CCN1C(=O)c1c(C(c2ccc(O)cc2)c2ccc(O)cc2)c2ccccc2n1CCCN1CCOCC1. The molecule has 0 aliphatic carbocycles. The number of amides is 1. The van der Waals surface area contributed by atoms with E-state index >= 15 is 4.79 Å². The molecular formula is C40H43ClN4O7S. The van der Waals surface area contributed by atoms with Gasteiger partial charge in [-0.3, -0.25) is 9.69 Å². The number of piperazine rings is 1. The maximum Gasteiger partial charge on any atom is 0.273 e. The Kier molecular flexibility index (Phi) is 11.0. The van der Waals surface area contributed by atoms with Crippen molar-refractivity contribution in [2.45, 2.75) is 25.1 Å². The monoisotopic (exact) mass is 758 g/mol. The van der Waals surface area contributed by atoms with Gasteiger partial charge in [0.15, 0.2) is 6.23 Å². The van der Waals surface area contributed by atoms with E-state index in [1.165, 1.54) is 4.90 Å². The van der Waals surface area contributed by atoms with Crippen LogP contribution in [0.5, 0.6) is 11.5 Å². The van der Waals surface area contributed by atoms with Crippen LogP contribution in [0.3, 0.4) is 0 Å². The summed E-state index contributed by atoms with van der Waals surface area (Å²) < 4.78 is 38.8. The first kappa shape index (κ1) is 36.8. The Morgan fingerprint density at radius 1 is 0.849 bits per heavy atom. The van der Waals surface area contributed by atoms with Crippen molar-refractivity contribution >= 4 is 44.2 Å². The Bertz CT molecular complexity index is 2120. The Balaban J connectivity index is 1.38. The molecule has 4 aromatic carbocycles. The molecule has 2 aliphatic rings. The zero-order valence-electron chi connectivity index (χ0n) is 29.5. The number of aromatic hydroxyl groups is 2. The van der Waals surface area contributed by atoms with E-state index in [-0.39, 0.29) is 30.5 Å². The van der Waals surface area contributed by atoms with E-state index in [0.29, 0.717) is 37.0 Å². The third kappa shape index (κ3) is 8.17. The number of morpholine rings is 1. The van der Waals surface area contributed by atoms with E-state index in [0.717, 1.165) is 65.6 Å². The van der Waals surface area contributed by atoms with Crippen LogP contribution in [0.2, 0.25) is 5.02 Å². The summed E-state index contributed by atoms with van der Waals surface area (Å²) in [4.78, 5) is 21.3. The second-order valence-electron chi connectivity index (χ2n) is 13.5. The minimum absolute atomic E-state index is 0.0779. The minimum atomic E-state index is -3.99. The van der Waals surface area contributed by atoms with Gasteiger partial charge in [0, 0.05) is 61.7 Å². The molecular weight excluding hydrogens is 716 g/mol. The predicted octanol–water partition coefficient (Wildman–Crippen LogP) is 5.87. The van der Waals surface area contributed by atoms with Crippen LogP contribution < -0.4 is 4.90 Å². The number of phenols is 2. The van der Waals surface area contributed by atoms with Crippen LogP contribution in [0.15, 0.2) is 97.1 Å². The molecule has 0 saturated carbocycles. The molecule has 2 aliphatic heterocycles. The number of aromatic nitrogens is 1. The van der Waals surface area contributed by atoms with Gasteiger partial charge in [0.1, 0.15) is 17.2 Å². The normalized spacial score (nSPS) is 17.2. The number of para-hydroxylation sites is 2. The zero-order valence-corrected chi connectivity index (χ0v) is 31.0. The standard InChI is InChI=1S/C40H43ClN4O7S/c1-53(49,50)52-36-27-43(35-10-5-3-8-33(35)41)21-22-45(36)40(48)39-38(37(28-11-15-30(46)16-12-28)29-13-17-31(47)18-14-29)32-7-2-4-9-34(32)44(39)20-6-19-42-23-25-51-26-24-42/h2-5,7-18,36-37,46-47H,6,19-27H2,1H3. The van der Waals surface area contributed by atoms with Crippen LogP contribution >= 0.6 is 11.6 Å². The van der Waals surface area contributed by atoms with Crippen molar-refractivity contribution in [2.24, 2.45) is 0 Å². The second kappa shape index (κ2) is 15.8. The Hall–Kier alpha value is -4.59. The second-order valence-corrected chi connectivity index (χ2v) is 15.5. The van der Waals surface area contributed by atoms with Crippen molar-refractivity contribution in [3.8, 4) is 11.5 Å². The van der Waals surface area contributed by atoms with Crippen LogP contribution in [0.25, 0.3) is 10.9 Å². The van der Waals surface area contributed by atoms with Gasteiger partial charge >= 0.3 is 0 Å². The predicted molar refractivity (Wildman–Crippen MR) is 205 cm³/mol. The molecule has 1 atom stereocenters. The van der Waals surface area contributed by atoms with E-state index in [1.54, 1.807) is 30.3 Å². The number of carbonyl (C=O) groups is 1. The maximum atomic E-state index is 15.4. The number of ether oxygens (including phenoxy) is 1. The lowest BCUT2D eigenvalue weighted by Gasteiger charge is -2.41. The summed E-state index contributed by atoms with van der Waals surface area (Å²) in [6.45, 7) is 5.03. The van der Waals surface area contributed by atoms with Crippen LogP contribution in [0.1, 0.15) is 39.5 Å². The first-order valence-electron chi connectivity index (χ1n) is 17.7. The van der Waals surface area contributed by atoms with Crippen molar-refractivity contribution < 1.29 is 32.3 Å². The van der Waals surface area contributed by atoms with Crippen LogP contribution in [-0.4, -0.2) is 104 Å². The number of hydrogen-bond donors (Lipinski definition) is 2. The fourth-order valence-electron chi connectivity index (χ4n) is 7.55. The number of halogens is 1. The largest absolute Gasteiger partial charge is 0.508 e. The highest BCUT2D eigenvalue weighted by molar-refractivity contribution is 7.86. The number of phenolic OH excluding ortho intramolecular Hbond substituents is 2. The van der Waals surface area contributed by atoms with Crippen LogP contribution in [0.4, 0.5) is 5.69 Å². The molecule has 7 rings (SSSR count). The zero-order chi connectivity index (χ0) is 37.1. The molecule has 53 heavy (non-hydrogen) atoms. The number of aryl methyl sites for hydroxylation is 1. The smallest absolute Gasteiger partial charge is 0.273 e. The molecule has 2 saturated heterocycles.